The zero-order valence-corrected chi connectivity index (χ0v) is 10.9. The molecule has 7 heteroatoms. The summed E-state index contributed by atoms with van der Waals surface area (Å²) in [4.78, 5) is 44.2. The second-order valence-electron chi connectivity index (χ2n) is 4.32. The van der Waals surface area contributed by atoms with E-state index >= 15 is 0 Å². The van der Waals surface area contributed by atoms with Crippen LogP contribution in [0.1, 0.15) is 15.9 Å². The number of likely N-dealkylation sites (N-methyl/N-ethyl adjacent to an activating group) is 1. The Kier molecular flexibility index (Phi) is 4.09. The number of amides is 1. The van der Waals surface area contributed by atoms with Gasteiger partial charge in [-0.1, -0.05) is 0 Å². The summed E-state index contributed by atoms with van der Waals surface area (Å²) in [5.74, 6) is -0.434. The van der Waals surface area contributed by atoms with E-state index in [-0.39, 0.29) is 5.56 Å². The van der Waals surface area contributed by atoms with Gasteiger partial charge in [-0.25, -0.2) is 4.79 Å². The molecule has 2 aromatic rings. The number of carbonyl (C=O) groups excluding carboxylic acids is 1. The van der Waals surface area contributed by atoms with Crippen molar-refractivity contribution in [1.29, 1.82) is 0 Å². The summed E-state index contributed by atoms with van der Waals surface area (Å²) < 4.78 is 0. The van der Waals surface area contributed by atoms with E-state index in [0.29, 0.717) is 13.0 Å². The van der Waals surface area contributed by atoms with Crippen molar-refractivity contribution in [2.75, 3.05) is 13.6 Å². The van der Waals surface area contributed by atoms with Gasteiger partial charge in [0.05, 0.1) is 0 Å². The molecule has 0 aliphatic rings. The highest BCUT2D eigenvalue weighted by atomic mass is 16.2. The number of hydrogen-bond acceptors (Lipinski definition) is 4. The molecule has 7 nitrogen and oxygen atoms in total. The first-order chi connectivity index (χ1) is 9.58. The van der Waals surface area contributed by atoms with E-state index in [9.17, 15) is 14.4 Å². The molecular weight excluding hydrogens is 260 g/mol. The van der Waals surface area contributed by atoms with Crippen LogP contribution in [0, 0.1) is 0 Å². The molecule has 1 amide bonds. The Hall–Kier alpha value is -2.70. The Morgan fingerprint density at radius 3 is 2.65 bits per heavy atom. The van der Waals surface area contributed by atoms with Crippen LogP contribution >= 0.6 is 0 Å². The maximum atomic E-state index is 12.1. The number of aromatic amines is 2. The van der Waals surface area contributed by atoms with E-state index in [2.05, 4.69) is 9.97 Å². The predicted molar refractivity (Wildman–Crippen MR) is 72.6 cm³/mol. The number of pyridine rings is 1. The second-order valence-corrected chi connectivity index (χ2v) is 4.32. The zero-order valence-electron chi connectivity index (χ0n) is 10.9. The second kappa shape index (κ2) is 5.96. The predicted octanol–water partition coefficient (Wildman–Crippen LogP) is -0.227. The molecule has 20 heavy (non-hydrogen) atoms. The average Bonchev–Trinajstić information content (AvgIpc) is 2.45. The molecule has 0 fully saturated rings. The van der Waals surface area contributed by atoms with Gasteiger partial charge in [0.1, 0.15) is 5.56 Å². The van der Waals surface area contributed by atoms with Crippen molar-refractivity contribution >= 4 is 5.91 Å². The molecular formula is C13H14N4O3. The number of H-pyrrole nitrogens is 2. The smallest absolute Gasteiger partial charge is 0.325 e. The zero-order chi connectivity index (χ0) is 14.5. The Balaban J connectivity index is 2.05. The fourth-order valence-electron chi connectivity index (χ4n) is 1.72. The normalized spacial score (nSPS) is 10.2. The largest absolute Gasteiger partial charge is 0.341 e. The fraction of sp³-hybridized carbons (Fsp3) is 0.231. The lowest BCUT2D eigenvalue weighted by Crippen LogP contribution is -2.35. The molecule has 2 N–H and O–H groups in total. The van der Waals surface area contributed by atoms with E-state index in [1.807, 2.05) is 17.1 Å². The first kappa shape index (κ1) is 13.7. The standard InChI is InChI=1S/C13H14N4O3/c1-17(7-4-9-2-5-14-6-3-9)12(19)10-8-15-13(20)16-11(10)18/h2-3,5-6,8H,4,7H2,1H3,(H2,15,16,18,20). The van der Waals surface area contributed by atoms with Gasteiger partial charge in [-0.2, -0.15) is 0 Å². The molecule has 0 spiro atoms. The summed E-state index contributed by atoms with van der Waals surface area (Å²) in [6, 6.07) is 3.73. The third kappa shape index (κ3) is 3.19. The lowest BCUT2D eigenvalue weighted by molar-refractivity contribution is 0.0794. The molecule has 0 radical (unpaired) electrons. The van der Waals surface area contributed by atoms with Gasteiger partial charge in [0.2, 0.25) is 0 Å². The lowest BCUT2D eigenvalue weighted by Gasteiger charge is -2.16. The Morgan fingerprint density at radius 1 is 1.30 bits per heavy atom. The molecule has 0 aliphatic heterocycles. The maximum absolute atomic E-state index is 12.1. The highest BCUT2D eigenvalue weighted by Crippen LogP contribution is 2.01. The van der Waals surface area contributed by atoms with Gasteiger partial charge in [-0.05, 0) is 24.1 Å². The Morgan fingerprint density at radius 2 is 2.00 bits per heavy atom. The van der Waals surface area contributed by atoms with Crippen LogP contribution in [0.25, 0.3) is 0 Å². The van der Waals surface area contributed by atoms with Crippen molar-refractivity contribution in [3.63, 3.8) is 0 Å². The number of hydrogen-bond donors (Lipinski definition) is 2. The average molecular weight is 274 g/mol. The number of nitrogens with zero attached hydrogens (tertiary/aromatic N) is 2. The Labute approximate surface area is 114 Å². The number of rotatable bonds is 4. The molecule has 2 aromatic heterocycles. The summed E-state index contributed by atoms with van der Waals surface area (Å²) in [5.41, 5.74) is -0.350. The van der Waals surface area contributed by atoms with Crippen molar-refractivity contribution in [3.05, 3.63) is 62.7 Å². The minimum absolute atomic E-state index is 0.0816. The number of aromatic nitrogens is 3. The van der Waals surface area contributed by atoms with E-state index in [1.165, 1.54) is 4.90 Å². The van der Waals surface area contributed by atoms with Crippen LogP contribution in [-0.2, 0) is 6.42 Å². The van der Waals surface area contributed by atoms with Crippen molar-refractivity contribution in [2.45, 2.75) is 6.42 Å². The topological polar surface area (TPSA) is 98.9 Å². The van der Waals surface area contributed by atoms with Crippen LogP contribution < -0.4 is 11.2 Å². The summed E-state index contributed by atoms with van der Waals surface area (Å²) in [6.07, 6.45) is 5.16. The summed E-state index contributed by atoms with van der Waals surface area (Å²) in [5, 5.41) is 0. The van der Waals surface area contributed by atoms with E-state index in [4.69, 9.17) is 0 Å². The minimum Gasteiger partial charge on any atom is -0.341 e. The van der Waals surface area contributed by atoms with Crippen molar-refractivity contribution < 1.29 is 4.79 Å². The molecule has 0 aliphatic carbocycles. The van der Waals surface area contributed by atoms with Crippen LogP contribution in [-0.4, -0.2) is 39.4 Å². The van der Waals surface area contributed by atoms with Crippen molar-refractivity contribution in [1.82, 2.24) is 19.9 Å². The molecule has 0 aromatic carbocycles. The molecule has 2 heterocycles. The van der Waals surface area contributed by atoms with Crippen LogP contribution in [0.15, 0.2) is 40.3 Å². The fourth-order valence-corrected chi connectivity index (χ4v) is 1.72. The van der Waals surface area contributed by atoms with Crippen LogP contribution in [0.4, 0.5) is 0 Å². The highest BCUT2D eigenvalue weighted by molar-refractivity contribution is 5.93. The first-order valence-electron chi connectivity index (χ1n) is 6.04. The van der Waals surface area contributed by atoms with Crippen molar-refractivity contribution in [3.8, 4) is 0 Å². The first-order valence-corrected chi connectivity index (χ1v) is 6.04. The third-order valence-corrected chi connectivity index (χ3v) is 2.88. The van der Waals surface area contributed by atoms with Gasteiger partial charge < -0.3 is 9.88 Å². The van der Waals surface area contributed by atoms with Gasteiger partial charge in [0.25, 0.3) is 11.5 Å². The van der Waals surface area contributed by atoms with Crippen LogP contribution in [0.2, 0.25) is 0 Å². The van der Waals surface area contributed by atoms with Gasteiger partial charge in [-0.3, -0.25) is 19.6 Å². The molecule has 0 bridgehead atoms. The Bertz CT molecular complexity index is 705. The summed E-state index contributed by atoms with van der Waals surface area (Å²) in [7, 11) is 1.61. The molecule has 0 unspecified atom stereocenters. The molecule has 0 saturated heterocycles. The van der Waals surface area contributed by atoms with E-state index < -0.39 is 17.2 Å². The summed E-state index contributed by atoms with van der Waals surface area (Å²) >= 11 is 0. The minimum atomic E-state index is -0.686. The van der Waals surface area contributed by atoms with Gasteiger partial charge in [0, 0.05) is 32.2 Å². The summed E-state index contributed by atoms with van der Waals surface area (Å²) in [6.45, 7) is 0.460. The third-order valence-electron chi connectivity index (χ3n) is 2.88. The van der Waals surface area contributed by atoms with Crippen LogP contribution in [0.3, 0.4) is 0 Å². The van der Waals surface area contributed by atoms with E-state index in [0.717, 1.165) is 11.8 Å². The highest BCUT2D eigenvalue weighted by Gasteiger charge is 2.15. The lowest BCUT2D eigenvalue weighted by atomic mass is 10.2. The maximum Gasteiger partial charge on any atom is 0.325 e. The molecule has 2 rings (SSSR count). The number of nitrogens with one attached hydrogen (secondary N) is 2. The quantitative estimate of drug-likeness (QED) is 0.804. The number of carbonyl (C=O) groups is 1. The van der Waals surface area contributed by atoms with Crippen molar-refractivity contribution in [2.24, 2.45) is 0 Å². The monoisotopic (exact) mass is 274 g/mol. The molecule has 0 saturated carbocycles. The molecule has 0 atom stereocenters. The van der Waals surface area contributed by atoms with Gasteiger partial charge in [0.15, 0.2) is 0 Å². The van der Waals surface area contributed by atoms with Gasteiger partial charge >= 0.3 is 5.69 Å². The van der Waals surface area contributed by atoms with Gasteiger partial charge in [-0.15, -0.1) is 0 Å². The SMILES string of the molecule is CN(CCc1ccncc1)C(=O)c1c[nH]c(=O)[nH]c1=O. The van der Waals surface area contributed by atoms with Crippen LogP contribution in [0.5, 0.6) is 0 Å². The molecule has 104 valence electrons. The van der Waals surface area contributed by atoms with E-state index in [1.54, 1.807) is 19.4 Å².